The van der Waals surface area contributed by atoms with Gasteiger partial charge in [0.05, 0.1) is 29.6 Å². The van der Waals surface area contributed by atoms with E-state index in [0.717, 1.165) is 11.4 Å². The largest absolute Gasteiger partial charge is 0.468 e. The number of hydrogen-bond donors (Lipinski definition) is 1. The molecule has 0 aromatic carbocycles. The Morgan fingerprint density at radius 2 is 2.17 bits per heavy atom. The lowest BCUT2D eigenvalue weighted by molar-refractivity contribution is -0.147. The Morgan fingerprint density at radius 3 is 2.56 bits per heavy atom. The second-order valence-electron chi connectivity index (χ2n) is 4.89. The van der Waals surface area contributed by atoms with Crippen molar-refractivity contribution in [3.63, 3.8) is 0 Å². The van der Waals surface area contributed by atoms with Crippen molar-refractivity contribution in [2.75, 3.05) is 7.11 Å². The predicted octanol–water partition coefficient (Wildman–Crippen LogP) is 1.99. The van der Waals surface area contributed by atoms with Crippen molar-refractivity contribution in [1.29, 1.82) is 0 Å². The summed E-state index contributed by atoms with van der Waals surface area (Å²) in [6.07, 6.45) is 0.429. The van der Waals surface area contributed by atoms with Gasteiger partial charge in [0.15, 0.2) is 0 Å². The smallest absolute Gasteiger partial charge is 0.325 e. The van der Waals surface area contributed by atoms with Crippen LogP contribution in [0.5, 0.6) is 0 Å². The molecule has 0 spiro atoms. The maximum atomic E-state index is 11.6. The molecule has 0 fully saturated rings. The van der Waals surface area contributed by atoms with Crippen molar-refractivity contribution in [3.8, 4) is 0 Å². The lowest BCUT2D eigenvalue weighted by atomic mass is 9.95. The van der Waals surface area contributed by atoms with E-state index in [4.69, 9.17) is 22.1 Å². The van der Waals surface area contributed by atoms with Gasteiger partial charge in [0.2, 0.25) is 0 Å². The van der Waals surface area contributed by atoms with Gasteiger partial charge in [-0.25, -0.2) is 0 Å². The molecule has 0 bridgehead atoms. The highest BCUT2D eigenvalue weighted by Gasteiger charge is 2.32. The number of hydrogen-bond acceptors (Lipinski definition) is 4. The molecule has 6 heteroatoms. The number of carbonyl (C=O) groups is 1. The van der Waals surface area contributed by atoms with Gasteiger partial charge in [-0.3, -0.25) is 9.48 Å². The molecule has 0 aliphatic rings. The van der Waals surface area contributed by atoms with Gasteiger partial charge in [0.1, 0.15) is 5.54 Å². The number of nitrogens with zero attached hydrogens (tertiary/aromatic N) is 2. The quantitative estimate of drug-likeness (QED) is 0.852. The van der Waals surface area contributed by atoms with E-state index < -0.39 is 11.5 Å². The van der Waals surface area contributed by atoms with E-state index in [2.05, 4.69) is 5.10 Å². The molecule has 18 heavy (non-hydrogen) atoms. The van der Waals surface area contributed by atoms with Gasteiger partial charge in [-0.05, 0) is 34.1 Å². The van der Waals surface area contributed by atoms with Crippen LogP contribution in [0.2, 0.25) is 5.02 Å². The van der Waals surface area contributed by atoms with Crippen LogP contribution in [0.3, 0.4) is 0 Å². The first-order valence-corrected chi connectivity index (χ1v) is 6.17. The Hall–Kier alpha value is -1.07. The molecule has 0 saturated carbocycles. The van der Waals surface area contributed by atoms with Gasteiger partial charge in [0.25, 0.3) is 0 Å². The first kappa shape index (κ1) is 15.0. The number of aromatic nitrogens is 2. The average Bonchev–Trinajstić information content (AvgIpc) is 2.55. The van der Waals surface area contributed by atoms with Gasteiger partial charge in [-0.15, -0.1) is 0 Å². The highest BCUT2D eigenvalue weighted by Crippen LogP contribution is 2.26. The molecule has 102 valence electrons. The van der Waals surface area contributed by atoms with Crippen molar-refractivity contribution in [2.24, 2.45) is 5.73 Å². The Bertz CT molecular complexity index is 454. The highest BCUT2D eigenvalue weighted by atomic mass is 35.5. The minimum Gasteiger partial charge on any atom is -0.468 e. The number of nitrogens with two attached hydrogens (primary N) is 1. The highest BCUT2D eigenvalue weighted by molar-refractivity contribution is 6.31. The summed E-state index contributed by atoms with van der Waals surface area (Å²) in [5.41, 5.74) is 6.57. The molecule has 0 aliphatic heterocycles. The summed E-state index contributed by atoms with van der Waals surface area (Å²) >= 11 is 6.10. The predicted molar refractivity (Wildman–Crippen MR) is 70.6 cm³/mol. The van der Waals surface area contributed by atoms with Crippen molar-refractivity contribution in [1.82, 2.24) is 9.78 Å². The van der Waals surface area contributed by atoms with Crippen LogP contribution in [0.4, 0.5) is 0 Å². The van der Waals surface area contributed by atoms with Crippen molar-refractivity contribution < 1.29 is 9.53 Å². The summed E-state index contributed by atoms with van der Waals surface area (Å²) < 4.78 is 6.49. The Morgan fingerprint density at radius 1 is 1.61 bits per heavy atom. The molecule has 0 aliphatic carbocycles. The van der Waals surface area contributed by atoms with Crippen molar-refractivity contribution in [3.05, 3.63) is 16.4 Å². The van der Waals surface area contributed by atoms with Crippen molar-refractivity contribution in [2.45, 2.75) is 45.7 Å². The van der Waals surface area contributed by atoms with Crippen LogP contribution in [0.15, 0.2) is 0 Å². The van der Waals surface area contributed by atoms with Crippen LogP contribution in [0, 0.1) is 13.8 Å². The summed E-state index contributed by atoms with van der Waals surface area (Å²) in [6, 6.07) is -0.0368. The van der Waals surface area contributed by atoms with E-state index in [1.807, 2.05) is 20.8 Å². The monoisotopic (exact) mass is 273 g/mol. The summed E-state index contributed by atoms with van der Waals surface area (Å²) in [7, 11) is 1.33. The summed E-state index contributed by atoms with van der Waals surface area (Å²) in [6.45, 7) is 7.35. The van der Waals surface area contributed by atoms with E-state index in [1.54, 1.807) is 11.6 Å². The molecule has 2 N–H and O–H groups in total. The molecule has 0 amide bonds. The molecular weight excluding hydrogens is 254 g/mol. The maximum Gasteiger partial charge on any atom is 0.325 e. The van der Waals surface area contributed by atoms with Gasteiger partial charge < -0.3 is 10.5 Å². The molecule has 1 aromatic rings. The third kappa shape index (κ3) is 2.84. The number of methoxy groups -OCH3 is 1. The molecule has 5 nitrogen and oxygen atoms in total. The minimum atomic E-state index is -1.03. The minimum absolute atomic E-state index is 0.0368. The van der Waals surface area contributed by atoms with Crippen LogP contribution in [-0.4, -0.2) is 28.4 Å². The van der Waals surface area contributed by atoms with Crippen LogP contribution in [0.25, 0.3) is 0 Å². The van der Waals surface area contributed by atoms with E-state index >= 15 is 0 Å². The number of esters is 1. The average molecular weight is 274 g/mol. The second kappa shape index (κ2) is 5.28. The number of ether oxygens (including phenoxy) is 1. The molecule has 1 aromatic heterocycles. The Labute approximate surface area is 112 Å². The fraction of sp³-hybridized carbons (Fsp3) is 0.667. The molecule has 0 saturated heterocycles. The molecule has 1 rings (SSSR count). The first-order valence-electron chi connectivity index (χ1n) is 5.79. The van der Waals surface area contributed by atoms with E-state index in [0.29, 0.717) is 11.4 Å². The van der Waals surface area contributed by atoms with E-state index in [1.165, 1.54) is 7.11 Å². The normalized spacial score (nSPS) is 16.2. The van der Waals surface area contributed by atoms with Gasteiger partial charge in [-0.1, -0.05) is 11.6 Å². The number of rotatable bonds is 4. The number of carbonyl (C=O) groups excluding carboxylic acids is 1. The van der Waals surface area contributed by atoms with Crippen LogP contribution in [0.1, 0.15) is 37.7 Å². The summed E-state index contributed by atoms with van der Waals surface area (Å²) in [4.78, 5) is 11.6. The number of aryl methyl sites for hydroxylation is 1. The molecule has 1 heterocycles. The Balaban J connectivity index is 2.92. The fourth-order valence-electron chi connectivity index (χ4n) is 2.09. The second-order valence-corrected chi connectivity index (χ2v) is 5.27. The summed E-state index contributed by atoms with van der Waals surface area (Å²) in [5, 5.41) is 5.01. The maximum absolute atomic E-state index is 11.6. The lowest BCUT2D eigenvalue weighted by Crippen LogP contribution is -2.47. The number of halogens is 1. The van der Waals surface area contributed by atoms with Gasteiger partial charge >= 0.3 is 5.97 Å². The lowest BCUT2D eigenvalue weighted by Gasteiger charge is -2.25. The molecule has 2 unspecified atom stereocenters. The van der Waals surface area contributed by atoms with E-state index in [-0.39, 0.29) is 6.04 Å². The third-order valence-electron chi connectivity index (χ3n) is 3.03. The molecule has 0 radical (unpaired) electrons. The zero-order valence-electron chi connectivity index (χ0n) is 11.5. The van der Waals surface area contributed by atoms with Gasteiger partial charge in [0, 0.05) is 0 Å². The molecule has 2 atom stereocenters. The summed E-state index contributed by atoms with van der Waals surface area (Å²) in [5.74, 6) is -0.429. The SMILES string of the molecule is COC(=O)C(C)(N)CC(C)n1nc(C)c(Cl)c1C. The first-order chi connectivity index (χ1) is 8.20. The van der Waals surface area contributed by atoms with Gasteiger partial charge in [-0.2, -0.15) is 5.10 Å². The zero-order valence-corrected chi connectivity index (χ0v) is 12.2. The van der Waals surface area contributed by atoms with Crippen LogP contribution in [-0.2, 0) is 9.53 Å². The topological polar surface area (TPSA) is 70.1 Å². The van der Waals surface area contributed by atoms with E-state index in [9.17, 15) is 4.79 Å². The third-order valence-corrected chi connectivity index (χ3v) is 3.57. The Kier molecular flexibility index (Phi) is 4.40. The molecular formula is C12H20ClN3O2. The van der Waals surface area contributed by atoms with Crippen LogP contribution < -0.4 is 5.73 Å². The fourth-order valence-corrected chi connectivity index (χ4v) is 2.21. The zero-order chi connectivity index (χ0) is 14.1. The van der Waals surface area contributed by atoms with Crippen LogP contribution >= 0.6 is 11.6 Å². The van der Waals surface area contributed by atoms with Crippen molar-refractivity contribution >= 4 is 17.6 Å². The standard InChI is InChI=1S/C12H20ClN3O2/c1-7(6-12(4,14)11(17)18-5)16-9(3)10(13)8(2)15-16/h7H,6,14H2,1-5H3.